The second kappa shape index (κ2) is 8.33. The molecule has 2 aromatic heterocycles. The van der Waals surface area contributed by atoms with Gasteiger partial charge < -0.3 is 14.0 Å². The van der Waals surface area contributed by atoms with Gasteiger partial charge in [0.2, 0.25) is 0 Å². The first-order valence-corrected chi connectivity index (χ1v) is 8.25. The Hall–Kier alpha value is -2.09. The maximum atomic E-state index is 13.1. The van der Waals surface area contributed by atoms with Crippen molar-refractivity contribution in [3.63, 3.8) is 0 Å². The average Bonchev–Trinajstić information content (AvgIpc) is 3.28. The molecule has 1 unspecified atom stereocenters. The summed E-state index contributed by atoms with van der Waals surface area (Å²) in [5.41, 5.74) is -0.352. The molecule has 2 heterocycles. The van der Waals surface area contributed by atoms with Crippen molar-refractivity contribution in [2.75, 3.05) is 20.2 Å². The summed E-state index contributed by atoms with van der Waals surface area (Å²) < 4.78 is 117. The van der Waals surface area contributed by atoms with E-state index in [-0.39, 0.29) is 27.4 Å². The lowest BCUT2D eigenvalue weighted by atomic mass is 10.2. The van der Waals surface area contributed by atoms with Gasteiger partial charge in [-0.25, -0.2) is 0 Å². The molecule has 132 valence electrons. The molecule has 6 nitrogen and oxygen atoms in total. The second-order valence-electron chi connectivity index (χ2n) is 4.64. The fourth-order valence-corrected chi connectivity index (χ4v) is 2.94. The van der Waals surface area contributed by atoms with Crippen molar-refractivity contribution >= 4 is 22.2 Å². The van der Waals surface area contributed by atoms with Gasteiger partial charge in [0.25, 0.3) is 0 Å². The Morgan fingerprint density at radius 1 is 1.32 bits per heavy atom. The number of H-pyrrole nitrogens is 1. The Morgan fingerprint density at radius 2 is 2.16 bits per heavy atom. The van der Waals surface area contributed by atoms with Gasteiger partial charge in [0.1, 0.15) is 5.75 Å². The number of fused-ring (bicyclic) bond motifs is 1. The monoisotopic (exact) mass is 371 g/mol. The first kappa shape index (κ1) is 8.07. The van der Waals surface area contributed by atoms with E-state index in [1.807, 2.05) is 0 Å². The Balaban J connectivity index is 2.01. The van der Waals surface area contributed by atoms with Crippen LogP contribution in [0.15, 0.2) is 41.5 Å². The van der Waals surface area contributed by atoms with Gasteiger partial charge in [-0.15, -0.1) is 0 Å². The zero-order chi connectivity index (χ0) is 28.2. The van der Waals surface area contributed by atoms with E-state index < -0.39 is 78.6 Å². The predicted octanol–water partition coefficient (Wildman–Crippen LogP) is 2.99. The van der Waals surface area contributed by atoms with E-state index in [1.165, 1.54) is 6.92 Å². The van der Waals surface area contributed by atoms with Gasteiger partial charge in [-0.05, 0) is 25.1 Å². The smallest absolute Gasteiger partial charge is 0.322 e. The van der Waals surface area contributed by atoms with Crippen LogP contribution in [0.2, 0.25) is 0 Å². The molecule has 3 rings (SSSR count). The Bertz CT molecular complexity index is 1320. The summed E-state index contributed by atoms with van der Waals surface area (Å²) >= 11 is -2.05. The zero-order valence-electron chi connectivity index (χ0n) is 25.2. The zero-order valence-corrected chi connectivity index (χ0v) is 14.1. The summed E-state index contributed by atoms with van der Waals surface area (Å²) in [6, 6.07) is -2.57. The number of pyridine rings is 1. The van der Waals surface area contributed by atoms with Crippen molar-refractivity contribution in [2.45, 2.75) is 24.2 Å². The normalized spacial score (nSPS) is 21.1. The van der Waals surface area contributed by atoms with E-state index in [4.69, 9.17) is 21.2 Å². The molecular formula is C18H21N3O3S. The number of imidazole rings is 1. The fraction of sp³-hybridized carbons (Fsp3) is 0.333. The van der Waals surface area contributed by atoms with Crippen molar-refractivity contribution in [2.24, 2.45) is 0 Å². The highest BCUT2D eigenvalue weighted by Crippen LogP contribution is 2.24. The molecule has 0 amide bonds. The van der Waals surface area contributed by atoms with Gasteiger partial charge in [0.05, 0.1) is 37.0 Å². The number of hydrogen-bond donors (Lipinski definition) is 1. The number of nitrogens with one attached hydrogen (secondary N) is 1. The molecule has 1 atom stereocenters. The standard InChI is InChI=1S/C18H21N3O3S/c1-13-16(19-9-8-17(13)24-11-5-10-23-2)12-25(22)18-20-14-6-3-4-7-15(14)21-18/h3-4,6-9H,5,10-12H2,1-2H3,(H,20,21)/i3D,4D,5D2,6D,7D,8D,9D,10D2,11D2. The SMILES string of the molecule is [2H]c1nc(C[S+]([O-])c2nc3c([2H])c([2H])c([2H])c([2H])c3[nH]2)c(C)c(OC([2H])([2H])C([2H])([2H])C([2H])([2H])OC)c1[2H]. The molecule has 0 bridgehead atoms. The van der Waals surface area contributed by atoms with E-state index in [9.17, 15) is 4.55 Å². The lowest BCUT2D eigenvalue weighted by Gasteiger charge is -2.12. The Morgan fingerprint density at radius 3 is 3.00 bits per heavy atom. The van der Waals surface area contributed by atoms with Crippen LogP contribution in [0, 0.1) is 6.92 Å². The molecule has 0 aliphatic heterocycles. The lowest BCUT2D eigenvalue weighted by molar-refractivity contribution is 0.172. The largest absolute Gasteiger partial charge is 0.609 e. The number of aromatic nitrogens is 3. The third kappa shape index (κ3) is 4.31. The Labute approximate surface area is 166 Å². The summed E-state index contributed by atoms with van der Waals surface area (Å²) in [6.07, 6.45) is -4.08. The third-order valence-corrected chi connectivity index (χ3v) is 4.25. The highest BCUT2D eigenvalue weighted by Gasteiger charge is 2.20. The summed E-state index contributed by atoms with van der Waals surface area (Å²) in [4.78, 5) is 10.5. The highest BCUT2D eigenvalue weighted by atomic mass is 32.2. The molecular weight excluding hydrogens is 338 g/mol. The van der Waals surface area contributed by atoms with E-state index in [0.29, 0.717) is 0 Å². The van der Waals surface area contributed by atoms with Crippen molar-refractivity contribution in [3.8, 4) is 5.75 Å². The van der Waals surface area contributed by atoms with Crippen LogP contribution in [0.4, 0.5) is 0 Å². The maximum Gasteiger partial charge on any atom is 0.322 e. The lowest BCUT2D eigenvalue weighted by Crippen LogP contribution is -2.10. The van der Waals surface area contributed by atoms with Crippen LogP contribution in [-0.4, -0.2) is 39.7 Å². The van der Waals surface area contributed by atoms with E-state index in [2.05, 4.69) is 19.7 Å². The van der Waals surface area contributed by atoms with Gasteiger partial charge in [0.15, 0.2) is 5.75 Å². The molecule has 0 fully saturated rings. The molecule has 1 N–H and O–H groups in total. The van der Waals surface area contributed by atoms with Crippen LogP contribution in [0.1, 0.15) is 34.1 Å². The number of methoxy groups -OCH3 is 1. The molecule has 0 aliphatic rings. The summed E-state index contributed by atoms with van der Waals surface area (Å²) in [5, 5.41) is -0.216. The van der Waals surface area contributed by atoms with Gasteiger partial charge >= 0.3 is 5.16 Å². The van der Waals surface area contributed by atoms with Crippen LogP contribution >= 0.6 is 0 Å². The van der Waals surface area contributed by atoms with E-state index in [0.717, 1.165) is 7.11 Å². The van der Waals surface area contributed by atoms with Crippen molar-refractivity contribution in [3.05, 3.63) is 47.6 Å². The van der Waals surface area contributed by atoms with E-state index >= 15 is 0 Å². The number of aromatic amines is 1. The molecule has 0 saturated carbocycles. The molecule has 25 heavy (non-hydrogen) atoms. The van der Waals surface area contributed by atoms with Crippen molar-refractivity contribution < 1.29 is 30.5 Å². The van der Waals surface area contributed by atoms with Gasteiger partial charge in [-0.1, -0.05) is 12.1 Å². The molecule has 0 aliphatic carbocycles. The van der Waals surface area contributed by atoms with Crippen molar-refractivity contribution in [1.29, 1.82) is 0 Å². The minimum Gasteiger partial charge on any atom is -0.609 e. The third-order valence-electron chi connectivity index (χ3n) is 3.09. The molecule has 7 heteroatoms. The summed E-state index contributed by atoms with van der Waals surface area (Å²) in [6.45, 7) is -5.20. The van der Waals surface area contributed by atoms with Crippen LogP contribution in [-0.2, 0) is 21.7 Å². The van der Waals surface area contributed by atoms with Gasteiger partial charge in [-0.2, -0.15) is 4.98 Å². The number of rotatable bonds is 8. The average molecular weight is 372 g/mol. The highest BCUT2D eigenvalue weighted by molar-refractivity contribution is 7.90. The quantitative estimate of drug-likeness (QED) is 0.616. The molecule has 1 aromatic carbocycles. The van der Waals surface area contributed by atoms with Gasteiger partial charge in [-0.3, -0.25) is 9.97 Å². The fourth-order valence-electron chi connectivity index (χ4n) is 1.86. The minimum atomic E-state index is -3.38. The number of para-hydroxylation sites is 2. The Kier molecular flexibility index (Phi) is 2.69. The molecule has 0 radical (unpaired) electrons. The van der Waals surface area contributed by atoms with Crippen LogP contribution in [0.5, 0.6) is 5.75 Å². The topological polar surface area (TPSA) is 83.1 Å². The summed E-state index contributed by atoms with van der Waals surface area (Å²) in [5.74, 6) is -1.07. The number of ether oxygens (including phenoxy) is 2. The number of benzene rings is 1. The van der Waals surface area contributed by atoms with Crippen LogP contribution in [0.3, 0.4) is 0 Å². The van der Waals surface area contributed by atoms with Gasteiger partial charge in [0, 0.05) is 45.7 Å². The summed E-state index contributed by atoms with van der Waals surface area (Å²) in [7, 11) is 0.845. The second-order valence-corrected chi connectivity index (χ2v) is 6.01. The van der Waals surface area contributed by atoms with Crippen LogP contribution < -0.4 is 4.74 Å². The van der Waals surface area contributed by atoms with E-state index in [1.54, 1.807) is 0 Å². The predicted molar refractivity (Wildman–Crippen MR) is 97.2 cm³/mol. The van der Waals surface area contributed by atoms with Crippen LogP contribution in [0.25, 0.3) is 11.0 Å². The molecule has 0 spiro atoms. The van der Waals surface area contributed by atoms with Crippen molar-refractivity contribution in [1.82, 2.24) is 15.0 Å². The first-order valence-electron chi connectivity index (χ1n) is 12.9. The number of hydrogen-bond acceptors (Lipinski definition) is 5. The number of nitrogens with zero attached hydrogens (tertiary/aromatic N) is 2. The molecule has 0 saturated heterocycles. The maximum absolute atomic E-state index is 13.1. The minimum absolute atomic E-state index is 0.0615. The first-order chi connectivity index (χ1) is 16.9. The molecule has 3 aromatic rings.